The number of pyridine rings is 2. The molecule has 6 heteroatoms. The van der Waals surface area contributed by atoms with E-state index >= 15 is 0 Å². The van der Waals surface area contributed by atoms with Gasteiger partial charge in [-0.3, -0.25) is 0 Å². The second-order valence-electron chi connectivity index (χ2n) is 3.80. The van der Waals surface area contributed by atoms with Crippen LogP contribution in [0.5, 0.6) is 0 Å². The average Bonchev–Trinajstić information content (AvgIpc) is 2.44. The van der Waals surface area contributed by atoms with E-state index in [-0.39, 0.29) is 14.9 Å². The molecular formula is C16H26N2S4. The van der Waals surface area contributed by atoms with E-state index in [1.54, 1.807) is 49.4 Å². The van der Waals surface area contributed by atoms with Gasteiger partial charge in [-0.2, -0.15) is 0 Å². The molecule has 2 heterocycles. The molecule has 0 unspecified atom stereocenters. The third kappa shape index (κ3) is 9.66. The summed E-state index contributed by atoms with van der Waals surface area (Å²) >= 11 is 0. The van der Waals surface area contributed by atoms with Crippen LogP contribution < -0.4 is 0 Å². The van der Waals surface area contributed by atoms with Gasteiger partial charge in [0, 0.05) is 12.4 Å². The number of nitrogens with zero attached hydrogens (tertiary/aromatic N) is 2. The van der Waals surface area contributed by atoms with Crippen LogP contribution >= 0.6 is 43.2 Å². The topological polar surface area (TPSA) is 25.8 Å². The molecule has 2 aromatic heterocycles. The van der Waals surface area contributed by atoms with Gasteiger partial charge >= 0.3 is 0 Å². The Hall–Kier alpha value is -0.300. The molecule has 0 spiro atoms. The summed E-state index contributed by atoms with van der Waals surface area (Å²) in [7, 11) is 6.83. The Morgan fingerprint density at radius 3 is 2.09 bits per heavy atom. The van der Waals surface area contributed by atoms with Crippen molar-refractivity contribution in [2.45, 2.75) is 38.8 Å². The fraction of sp³-hybridized carbons (Fsp3) is 0.375. The molecule has 0 aliphatic rings. The van der Waals surface area contributed by atoms with Crippen molar-refractivity contribution in [3.05, 3.63) is 47.8 Å². The molecule has 0 saturated heterocycles. The Bertz CT molecular complexity index is 507. The van der Waals surface area contributed by atoms with Gasteiger partial charge in [-0.15, -0.1) is 0 Å². The number of hydrogen-bond acceptors (Lipinski definition) is 6. The summed E-state index contributed by atoms with van der Waals surface area (Å²) in [5, 5.41) is 2.20. The predicted molar refractivity (Wildman–Crippen MR) is 110 cm³/mol. The first-order valence-corrected chi connectivity index (χ1v) is 11.0. The molecule has 2 aromatic rings. The number of aryl methyl sites for hydroxylation is 2. The molecule has 0 bridgehead atoms. The van der Waals surface area contributed by atoms with Crippen LogP contribution in [0.4, 0.5) is 0 Å². The zero-order valence-corrected chi connectivity index (χ0v) is 15.3. The van der Waals surface area contributed by atoms with E-state index in [1.807, 2.05) is 30.7 Å². The second kappa shape index (κ2) is 14.3. The summed E-state index contributed by atoms with van der Waals surface area (Å²) in [6.45, 7) is 4.16. The maximum absolute atomic E-state index is 4.31. The summed E-state index contributed by atoms with van der Waals surface area (Å²) < 4.78 is 0. The highest BCUT2D eigenvalue weighted by atomic mass is 33.1. The van der Waals surface area contributed by atoms with Gasteiger partial charge in [-0.05, 0) is 71.2 Å². The van der Waals surface area contributed by atoms with Crippen LogP contribution in [-0.2, 0) is 0 Å². The lowest BCUT2D eigenvalue weighted by Gasteiger charge is -2.01. The quantitative estimate of drug-likeness (QED) is 0.546. The zero-order chi connectivity index (χ0) is 14.8. The fourth-order valence-corrected chi connectivity index (χ4v) is 4.01. The molecule has 0 amide bonds. The molecule has 0 radical (unpaired) electrons. The van der Waals surface area contributed by atoms with Crippen molar-refractivity contribution >= 4 is 43.2 Å². The molecule has 0 fully saturated rings. The van der Waals surface area contributed by atoms with Crippen LogP contribution in [0.2, 0.25) is 0 Å². The third-order valence-corrected chi connectivity index (χ3v) is 5.45. The van der Waals surface area contributed by atoms with Crippen molar-refractivity contribution < 1.29 is 0 Å². The van der Waals surface area contributed by atoms with Gasteiger partial charge in [-0.25, -0.2) is 9.97 Å². The lowest BCUT2D eigenvalue weighted by molar-refractivity contribution is 1.06. The van der Waals surface area contributed by atoms with E-state index in [9.17, 15) is 0 Å². The summed E-state index contributed by atoms with van der Waals surface area (Å²) in [4.78, 5) is 8.42. The van der Waals surface area contributed by atoms with E-state index in [1.165, 1.54) is 11.1 Å². The van der Waals surface area contributed by atoms with Crippen LogP contribution in [0.3, 0.4) is 0 Å². The van der Waals surface area contributed by atoms with E-state index in [2.05, 4.69) is 36.1 Å². The largest absolute Gasteiger partial charge is 0.249 e. The zero-order valence-electron chi connectivity index (χ0n) is 12.0. The minimum atomic E-state index is 0. The molecule has 22 heavy (non-hydrogen) atoms. The maximum atomic E-state index is 4.31. The summed E-state index contributed by atoms with van der Waals surface area (Å²) in [6.07, 6.45) is 7.81. The molecule has 0 aliphatic heterocycles. The van der Waals surface area contributed by atoms with Crippen molar-refractivity contribution in [3.8, 4) is 0 Å². The standard InChI is InChI=1S/C8H11NS2.C6H7NS2.2CH4/c1-6-4-7(2)8(9-5-6)11-10-3;1-8-9-6-4-2-3-5-7-6;;/h4-5H,1-3H3;2-5H,1H3;2*1H4. The maximum Gasteiger partial charge on any atom is 0.109 e. The lowest BCUT2D eigenvalue weighted by atomic mass is 10.2. The van der Waals surface area contributed by atoms with Crippen LogP contribution in [0.25, 0.3) is 0 Å². The first-order chi connectivity index (χ1) is 9.67. The van der Waals surface area contributed by atoms with Crippen molar-refractivity contribution in [2.24, 2.45) is 0 Å². The molecule has 0 aliphatic carbocycles. The molecule has 2 rings (SSSR count). The Balaban J connectivity index is 0. The minimum Gasteiger partial charge on any atom is -0.249 e. The number of aromatic nitrogens is 2. The lowest BCUT2D eigenvalue weighted by Crippen LogP contribution is -1.84. The van der Waals surface area contributed by atoms with Crippen LogP contribution in [-0.4, -0.2) is 22.5 Å². The monoisotopic (exact) mass is 374 g/mol. The molecule has 0 saturated carbocycles. The fourth-order valence-electron chi connectivity index (χ4n) is 1.35. The molecular weight excluding hydrogens is 348 g/mol. The van der Waals surface area contributed by atoms with Crippen molar-refractivity contribution in [1.29, 1.82) is 0 Å². The molecule has 2 nitrogen and oxygen atoms in total. The average molecular weight is 375 g/mol. The summed E-state index contributed by atoms with van der Waals surface area (Å²) in [5.74, 6) is 0. The summed E-state index contributed by atoms with van der Waals surface area (Å²) in [6, 6.07) is 8.07. The SMILES string of the molecule is C.C.CSSc1ccccn1.CSSc1ncc(C)cc1C. The first kappa shape index (κ1) is 24.0. The molecule has 0 atom stereocenters. The normalized spacial score (nSPS) is 8.91. The van der Waals surface area contributed by atoms with Gasteiger partial charge in [0.2, 0.25) is 0 Å². The smallest absolute Gasteiger partial charge is 0.109 e. The Morgan fingerprint density at radius 2 is 1.59 bits per heavy atom. The predicted octanol–water partition coefficient (Wildman–Crippen LogP) is 6.79. The van der Waals surface area contributed by atoms with E-state index in [4.69, 9.17) is 0 Å². The van der Waals surface area contributed by atoms with Crippen LogP contribution in [0.1, 0.15) is 26.0 Å². The van der Waals surface area contributed by atoms with Gasteiger partial charge in [-0.1, -0.05) is 48.6 Å². The van der Waals surface area contributed by atoms with Crippen molar-refractivity contribution in [2.75, 3.05) is 12.5 Å². The van der Waals surface area contributed by atoms with Gasteiger partial charge in [0.05, 0.1) is 0 Å². The van der Waals surface area contributed by atoms with E-state index in [0.717, 1.165) is 10.1 Å². The highest BCUT2D eigenvalue weighted by Gasteiger charge is 1.98. The highest BCUT2D eigenvalue weighted by Crippen LogP contribution is 2.29. The van der Waals surface area contributed by atoms with Crippen LogP contribution in [0.15, 0.2) is 46.7 Å². The Morgan fingerprint density at radius 1 is 0.909 bits per heavy atom. The van der Waals surface area contributed by atoms with Crippen molar-refractivity contribution in [1.82, 2.24) is 9.97 Å². The third-order valence-electron chi connectivity index (χ3n) is 2.14. The van der Waals surface area contributed by atoms with Gasteiger partial charge in [0.1, 0.15) is 10.1 Å². The Labute approximate surface area is 151 Å². The van der Waals surface area contributed by atoms with Gasteiger partial charge < -0.3 is 0 Å². The van der Waals surface area contributed by atoms with Gasteiger partial charge in [0.15, 0.2) is 0 Å². The Kier molecular flexibility index (Phi) is 15.6. The van der Waals surface area contributed by atoms with E-state index in [0.29, 0.717) is 0 Å². The highest BCUT2D eigenvalue weighted by molar-refractivity contribution is 8.76. The minimum absolute atomic E-state index is 0. The van der Waals surface area contributed by atoms with Crippen LogP contribution in [0, 0.1) is 13.8 Å². The molecule has 0 aromatic carbocycles. The number of hydrogen-bond donors (Lipinski definition) is 0. The summed E-state index contributed by atoms with van der Waals surface area (Å²) in [5.41, 5.74) is 2.50. The van der Waals surface area contributed by atoms with E-state index < -0.39 is 0 Å². The second-order valence-corrected chi connectivity index (χ2v) is 8.61. The van der Waals surface area contributed by atoms with Crippen molar-refractivity contribution in [3.63, 3.8) is 0 Å². The molecule has 0 N–H and O–H groups in total. The first-order valence-electron chi connectivity index (χ1n) is 5.93. The van der Waals surface area contributed by atoms with Gasteiger partial charge in [0.25, 0.3) is 0 Å². The number of rotatable bonds is 4. The molecule has 124 valence electrons.